The summed E-state index contributed by atoms with van der Waals surface area (Å²) in [7, 11) is -3.41. The third-order valence-electron chi connectivity index (χ3n) is 6.55. The zero-order valence-electron chi connectivity index (χ0n) is 21.4. The van der Waals surface area contributed by atoms with Crippen LogP contribution in [-0.2, 0) is 14.6 Å². The molecule has 0 aliphatic carbocycles. The van der Waals surface area contributed by atoms with E-state index in [9.17, 15) is 13.2 Å². The SMILES string of the molecule is C=C(CCOCCO)CC(=O)c1cc(-c2cccc(S(=O)(=O)CC)c2)c2c([nH]c3ncc(C)cc32)c1C. The van der Waals surface area contributed by atoms with Crippen molar-refractivity contribution in [2.45, 2.75) is 38.5 Å². The molecule has 0 amide bonds. The van der Waals surface area contributed by atoms with Gasteiger partial charge in [0.05, 0.1) is 36.0 Å². The lowest BCUT2D eigenvalue weighted by atomic mass is 9.90. The van der Waals surface area contributed by atoms with Crippen molar-refractivity contribution in [2.24, 2.45) is 0 Å². The van der Waals surface area contributed by atoms with Crippen LogP contribution in [0.4, 0.5) is 0 Å². The third-order valence-corrected chi connectivity index (χ3v) is 8.29. The first kappa shape index (κ1) is 26.7. The number of aryl methyl sites for hydroxylation is 2. The zero-order valence-corrected chi connectivity index (χ0v) is 22.2. The molecule has 4 rings (SSSR count). The molecule has 2 aromatic carbocycles. The number of H-pyrrole nitrogens is 1. The number of ketones is 1. The molecule has 0 atom stereocenters. The van der Waals surface area contributed by atoms with Gasteiger partial charge in [-0.2, -0.15) is 0 Å². The van der Waals surface area contributed by atoms with E-state index in [1.165, 1.54) is 0 Å². The Morgan fingerprint density at radius 1 is 1.16 bits per heavy atom. The van der Waals surface area contributed by atoms with Crippen LogP contribution in [0.25, 0.3) is 33.1 Å². The largest absolute Gasteiger partial charge is 0.394 e. The van der Waals surface area contributed by atoms with Gasteiger partial charge in [0.1, 0.15) is 5.65 Å². The molecule has 0 aliphatic heterocycles. The Bertz CT molecular complexity index is 1600. The number of aromatic amines is 1. The molecule has 0 radical (unpaired) electrons. The summed E-state index contributed by atoms with van der Waals surface area (Å²) in [4.78, 5) is 21.7. The molecule has 0 saturated heterocycles. The molecule has 8 heteroatoms. The van der Waals surface area contributed by atoms with Crippen LogP contribution in [0, 0.1) is 13.8 Å². The summed E-state index contributed by atoms with van der Waals surface area (Å²) in [6.45, 7) is 10.1. The summed E-state index contributed by atoms with van der Waals surface area (Å²) >= 11 is 0. The number of Topliss-reactive ketones (excluding diaryl/α,β-unsaturated/α-hetero) is 1. The summed E-state index contributed by atoms with van der Waals surface area (Å²) in [6.07, 6.45) is 2.47. The van der Waals surface area contributed by atoms with E-state index in [-0.39, 0.29) is 36.1 Å². The Balaban J connectivity index is 1.87. The highest BCUT2D eigenvalue weighted by Crippen LogP contribution is 2.39. The highest BCUT2D eigenvalue weighted by atomic mass is 32.2. The third kappa shape index (κ3) is 5.51. The van der Waals surface area contributed by atoms with E-state index >= 15 is 0 Å². The second kappa shape index (κ2) is 11.0. The van der Waals surface area contributed by atoms with Crippen molar-refractivity contribution in [3.63, 3.8) is 0 Å². The first-order valence-electron chi connectivity index (χ1n) is 12.3. The normalized spacial score (nSPS) is 11.9. The molecular formula is C29H32N2O5S. The van der Waals surface area contributed by atoms with E-state index < -0.39 is 9.84 Å². The fourth-order valence-electron chi connectivity index (χ4n) is 4.53. The number of pyridine rings is 1. The van der Waals surface area contributed by atoms with E-state index in [2.05, 4.69) is 16.5 Å². The number of carbonyl (C=O) groups is 1. The Kier molecular flexibility index (Phi) is 7.92. The van der Waals surface area contributed by atoms with E-state index in [1.54, 1.807) is 31.3 Å². The van der Waals surface area contributed by atoms with Crippen LogP contribution in [0.3, 0.4) is 0 Å². The molecule has 0 bridgehead atoms. The average Bonchev–Trinajstić information content (AvgIpc) is 3.26. The number of rotatable bonds is 11. The van der Waals surface area contributed by atoms with Crippen molar-refractivity contribution in [1.29, 1.82) is 0 Å². The molecule has 0 fully saturated rings. The van der Waals surface area contributed by atoms with E-state index in [4.69, 9.17) is 9.84 Å². The summed E-state index contributed by atoms with van der Waals surface area (Å²) in [5, 5.41) is 10.7. The molecule has 2 aromatic heterocycles. The zero-order chi connectivity index (χ0) is 26.7. The van der Waals surface area contributed by atoms with Crippen LogP contribution in [0.5, 0.6) is 0 Å². The predicted molar refractivity (Wildman–Crippen MR) is 147 cm³/mol. The van der Waals surface area contributed by atoms with Gasteiger partial charge in [0.25, 0.3) is 0 Å². The maximum Gasteiger partial charge on any atom is 0.178 e. The van der Waals surface area contributed by atoms with Gasteiger partial charge in [0.15, 0.2) is 15.6 Å². The van der Waals surface area contributed by atoms with Gasteiger partial charge in [-0.15, -0.1) is 0 Å². The highest BCUT2D eigenvalue weighted by Gasteiger charge is 2.21. The van der Waals surface area contributed by atoms with Gasteiger partial charge in [-0.1, -0.05) is 31.2 Å². The highest BCUT2D eigenvalue weighted by molar-refractivity contribution is 7.91. The summed E-state index contributed by atoms with van der Waals surface area (Å²) in [5.41, 5.74) is 6.09. The minimum Gasteiger partial charge on any atom is -0.394 e. The number of sulfone groups is 1. The number of ether oxygens (including phenoxy) is 1. The summed E-state index contributed by atoms with van der Waals surface area (Å²) in [5.74, 6) is -0.0722. The number of hydrogen-bond donors (Lipinski definition) is 2. The minimum atomic E-state index is -3.41. The van der Waals surface area contributed by atoms with Crippen LogP contribution < -0.4 is 0 Å². The van der Waals surface area contributed by atoms with Crippen molar-refractivity contribution >= 4 is 37.6 Å². The molecule has 0 unspecified atom stereocenters. The molecule has 0 saturated carbocycles. The van der Waals surface area contributed by atoms with Crippen molar-refractivity contribution in [1.82, 2.24) is 9.97 Å². The Morgan fingerprint density at radius 2 is 1.95 bits per heavy atom. The Labute approximate surface area is 217 Å². The summed E-state index contributed by atoms with van der Waals surface area (Å²) in [6, 6.07) is 10.8. The predicted octanol–water partition coefficient (Wildman–Crippen LogP) is 5.32. The number of carbonyl (C=O) groups excluding carboxylic acids is 1. The lowest BCUT2D eigenvalue weighted by Gasteiger charge is -2.14. The minimum absolute atomic E-state index is 0.00380. The van der Waals surface area contributed by atoms with Gasteiger partial charge in [-0.3, -0.25) is 4.79 Å². The van der Waals surface area contributed by atoms with Crippen molar-refractivity contribution in [3.05, 3.63) is 71.4 Å². The second-order valence-electron chi connectivity index (χ2n) is 9.25. The lowest BCUT2D eigenvalue weighted by molar-refractivity contribution is 0.0923. The maximum absolute atomic E-state index is 13.5. The number of benzene rings is 2. The van der Waals surface area contributed by atoms with Gasteiger partial charge in [-0.25, -0.2) is 13.4 Å². The molecule has 2 N–H and O–H groups in total. The maximum atomic E-state index is 13.5. The fourth-order valence-corrected chi connectivity index (χ4v) is 5.46. The van der Waals surface area contributed by atoms with Gasteiger partial charge >= 0.3 is 0 Å². The number of nitrogens with zero attached hydrogens (tertiary/aromatic N) is 1. The van der Waals surface area contributed by atoms with Gasteiger partial charge in [-0.05, 0) is 66.8 Å². The van der Waals surface area contributed by atoms with E-state index in [0.717, 1.165) is 38.6 Å². The number of nitrogens with one attached hydrogen (secondary N) is 1. The van der Waals surface area contributed by atoms with Crippen molar-refractivity contribution in [3.8, 4) is 11.1 Å². The molecule has 2 heterocycles. The Morgan fingerprint density at radius 3 is 2.68 bits per heavy atom. The fraction of sp³-hybridized carbons (Fsp3) is 0.310. The van der Waals surface area contributed by atoms with Gasteiger partial charge in [0, 0.05) is 29.0 Å². The van der Waals surface area contributed by atoms with Crippen molar-refractivity contribution < 1.29 is 23.1 Å². The first-order chi connectivity index (χ1) is 17.7. The van der Waals surface area contributed by atoms with Crippen LogP contribution in [-0.4, -0.2) is 54.8 Å². The van der Waals surface area contributed by atoms with E-state index in [0.29, 0.717) is 29.8 Å². The average molecular weight is 521 g/mol. The monoisotopic (exact) mass is 520 g/mol. The first-order valence-corrected chi connectivity index (χ1v) is 13.9. The molecule has 194 valence electrons. The number of aliphatic hydroxyl groups is 1. The quantitative estimate of drug-likeness (QED) is 0.157. The van der Waals surface area contributed by atoms with Crippen molar-refractivity contribution in [2.75, 3.05) is 25.6 Å². The molecule has 37 heavy (non-hydrogen) atoms. The van der Waals surface area contributed by atoms with Crippen LogP contribution >= 0.6 is 0 Å². The van der Waals surface area contributed by atoms with Crippen LogP contribution in [0.1, 0.15) is 41.3 Å². The smallest absolute Gasteiger partial charge is 0.178 e. The Hall–Kier alpha value is -3.33. The number of aliphatic hydroxyl groups excluding tert-OH is 1. The second-order valence-corrected chi connectivity index (χ2v) is 11.5. The lowest BCUT2D eigenvalue weighted by Crippen LogP contribution is -2.07. The van der Waals surface area contributed by atoms with E-state index in [1.807, 2.05) is 32.0 Å². The van der Waals surface area contributed by atoms with Crippen LogP contribution in [0.2, 0.25) is 0 Å². The van der Waals surface area contributed by atoms with Crippen LogP contribution in [0.15, 0.2) is 59.6 Å². The number of fused-ring (bicyclic) bond motifs is 3. The molecule has 0 spiro atoms. The number of aromatic nitrogens is 2. The molecule has 0 aliphatic rings. The van der Waals surface area contributed by atoms with Gasteiger partial charge in [0.2, 0.25) is 0 Å². The topological polar surface area (TPSA) is 109 Å². The standard InChI is InChI=1S/C29H32N2O5S/c1-5-37(34,35)22-8-6-7-21(15-22)24-16-23(26(33)14-18(2)9-11-36-12-10-32)20(4)28-27(24)25-13-19(3)17-30-29(25)31-28/h6-8,13,15-17,32H,2,5,9-12,14H2,1,3-4H3,(H,30,31). The molecular weight excluding hydrogens is 488 g/mol. The summed E-state index contributed by atoms with van der Waals surface area (Å²) < 4.78 is 30.6. The number of hydrogen-bond acceptors (Lipinski definition) is 6. The molecule has 7 nitrogen and oxygen atoms in total. The molecule has 4 aromatic rings. The van der Waals surface area contributed by atoms with Gasteiger partial charge < -0.3 is 14.8 Å².